The quantitative estimate of drug-likeness (QED) is 0.254. The van der Waals surface area contributed by atoms with Crippen LogP contribution in [-0.4, -0.2) is 39.7 Å². The minimum absolute atomic E-state index is 0. The molecule has 2 aromatic rings. The van der Waals surface area contributed by atoms with Crippen LogP contribution < -0.4 is 15.4 Å². The molecule has 0 aliphatic rings. The van der Waals surface area contributed by atoms with Crippen LogP contribution in [0.4, 0.5) is 0 Å². The smallest absolute Gasteiger partial charge is 0.337 e. The van der Waals surface area contributed by atoms with E-state index in [9.17, 15) is 4.79 Å². The van der Waals surface area contributed by atoms with E-state index in [2.05, 4.69) is 15.6 Å². The van der Waals surface area contributed by atoms with E-state index in [4.69, 9.17) is 21.1 Å². The van der Waals surface area contributed by atoms with Gasteiger partial charge in [-0.15, -0.1) is 24.0 Å². The number of nitrogens with zero attached hydrogens (tertiary/aromatic N) is 1. The molecule has 0 fully saturated rings. The summed E-state index contributed by atoms with van der Waals surface area (Å²) in [7, 11) is 4.70. The Hall–Kier alpha value is -2.00. The summed E-state index contributed by atoms with van der Waals surface area (Å²) >= 11 is 6.26. The fourth-order valence-electron chi connectivity index (χ4n) is 2.46. The fraction of sp³-hybridized carbons (Fsp3) is 0.300. The highest BCUT2D eigenvalue weighted by atomic mass is 127. The number of aliphatic imine (C=N–C) groups is 1. The molecule has 2 aromatic carbocycles. The van der Waals surface area contributed by atoms with E-state index < -0.39 is 0 Å². The molecule has 0 amide bonds. The third-order valence-corrected chi connectivity index (χ3v) is 4.36. The zero-order chi connectivity index (χ0) is 19.6. The summed E-state index contributed by atoms with van der Waals surface area (Å²) in [5.74, 6) is 1.09. The van der Waals surface area contributed by atoms with Crippen LogP contribution in [0.3, 0.4) is 0 Å². The molecule has 8 heteroatoms. The highest BCUT2D eigenvalue weighted by Crippen LogP contribution is 2.22. The van der Waals surface area contributed by atoms with Gasteiger partial charge in [0.15, 0.2) is 5.96 Å². The first-order chi connectivity index (χ1) is 13.1. The van der Waals surface area contributed by atoms with E-state index in [0.717, 1.165) is 23.3 Å². The lowest BCUT2D eigenvalue weighted by molar-refractivity contribution is 0.0600. The summed E-state index contributed by atoms with van der Waals surface area (Å²) in [5, 5.41) is 7.18. The van der Waals surface area contributed by atoms with E-state index in [0.29, 0.717) is 29.6 Å². The van der Waals surface area contributed by atoms with E-state index in [1.165, 1.54) is 7.11 Å². The minimum atomic E-state index is -0.343. The van der Waals surface area contributed by atoms with Crippen molar-refractivity contribution in [3.05, 3.63) is 64.2 Å². The van der Waals surface area contributed by atoms with Crippen LogP contribution in [0.15, 0.2) is 47.5 Å². The number of benzene rings is 2. The van der Waals surface area contributed by atoms with Gasteiger partial charge in [-0.3, -0.25) is 4.99 Å². The molecule has 0 aliphatic carbocycles. The molecule has 2 rings (SSSR count). The Morgan fingerprint density at radius 3 is 2.39 bits per heavy atom. The lowest BCUT2D eigenvalue weighted by Gasteiger charge is -2.13. The standard InChI is InChI=1S/C20H24ClN3O3.HI/c1-22-20(23-11-10-15-8-9-17(26-2)12-18(15)21)24-13-14-4-6-16(7-5-14)19(25)27-3;/h4-9,12H,10-11,13H2,1-3H3,(H2,22,23,24);1H. The number of halogens is 2. The monoisotopic (exact) mass is 517 g/mol. The van der Waals surface area contributed by atoms with Gasteiger partial charge in [-0.25, -0.2) is 4.79 Å². The Labute approximate surface area is 187 Å². The van der Waals surface area contributed by atoms with Gasteiger partial charge < -0.3 is 20.1 Å². The van der Waals surface area contributed by atoms with Crippen molar-refractivity contribution in [1.82, 2.24) is 10.6 Å². The van der Waals surface area contributed by atoms with Crippen LogP contribution in [0.25, 0.3) is 0 Å². The number of hydrogen-bond donors (Lipinski definition) is 2. The minimum Gasteiger partial charge on any atom is -0.497 e. The van der Waals surface area contributed by atoms with Gasteiger partial charge in [0, 0.05) is 25.2 Å². The van der Waals surface area contributed by atoms with E-state index in [-0.39, 0.29) is 29.9 Å². The highest BCUT2D eigenvalue weighted by Gasteiger charge is 2.06. The summed E-state index contributed by atoms with van der Waals surface area (Å²) in [4.78, 5) is 15.7. The van der Waals surface area contributed by atoms with Crippen molar-refractivity contribution >= 4 is 47.5 Å². The number of guanidine groups is 1. The van der Waals surface area contributed by atoms with Gasteiger partial charge in [0.25, 0.3) is 0 Å². The molecule has 0 bridgehead atoms. The van der Waals surface area contributed by atoms with Crippen molar-refractivity contribution in [2.24, 2.45) is 4.99 Å². The Morgan fingerprint density at radius 1 is 1.11 bits per heavy atom. The van der Waals surface area contributed by atoms with Crippen molar-refractivity contribution in [2.45, 2.75) is 13.0 Å². The zero-order valence-corrected chi connectivity index (χ0v) is 19.2. The number of hydrogen-bond acceptors (Lipinski definition) is 4. The predicted octanol–water partition coefficient (Wildman–Crippen LogP) is 3.66. The SMILES string of the molecule is CN=C(NCCc1ccc(OC)cc1Cl)NCc1ccc(C(=O)OC)cc1.I. The van der Waals surface area contributed by atoms with Crippen molar-refractivity contribution in [3.8, 4) is 5.75 Å². The first-order valence-corrected chi connectivity index (χ1v) is 8.89. The number of carbonyl (C=O) groups is 1. The fourth-order valence-corrected chi connectivity index (χ4v) is 2.72. The maximum atomic E-state index is 11.4. The highest BCUT2D eigenvalue weighted by molar-refractivity contribution is 14.0. The Balaban J connectivity index is 0.00000392. The molecule has 0 heterocycles. The lowest BCUT2D eigenvalue weighted by Crippen LogP contribution is -2.37. The molecule has 0 saturated carbocycles. The van der Waals surface area contributed by atoms with Gasteiger partial charge in [-0.1, -0.05) is 29.8 Å². The van der Waals surface area contributed by atoms with Crippen molar-refractivity contribution < 1.29 is 14.3 Å². The van der Waals surface area contributed by atoms with E-state index in [1.54, 1.807) is 26.3 Å². The number of ether oxygens (including phenoxy) is 2. The molecule has 0 spiro atoms. The van der Waals surface area contributed by atoms with Crippen LogP contribution in [-0.2, 0) is 17.7 Å². The number of methoxy groups -OCH3 is 2. The first-order valence-electron chi connectivity index (χ1n) is 8.51. The molecule has 0 saturated heterocycles. The molecule has 0 atom stereocenters. The molecule has 0 aliphatic heterocycles. The number of esters is 1. The number of nitrogens with one attached hydrogen (secondary N) is 2. The molecule has 152 valence electrons. The van der Waals surface area contributed by atoms with Gasteiger partial charge in [0.1, 0.15) is 5.75 Å². The maximum absolute atomic E-state index is 11.4. The van der Waals surface area contributed by atoms with Crippen LogP contribution in [0, 0.1) is 0 Å². The van der Waals surface area contributed by atoms with Gasteiger partial charge in [-0.05, 0) is 41.8 Å². The largest absolute Gasteiger partial charge is 0.497 e. The summed E-state index contributed by atoms with van der Waals surface area (Å²) < 4.78 is 9.85. The van der Waals surface area contributed by atoms with Gasteiger partial charge in [-0.2, -0.15) is 0 Å². The summed E-state index contributed by atoms with van der Waals surface area (Å²) in [6.45, 7) is 1.28. The second-order valence-electron chi connectivity index (χ2n) is 5.75. The van der Waals surface area contributed by atoms with Crippen LogP contribution in [0.1, 0.15) is 21.5 Å². The second-order valence-corrected chi connectivity index (χ2v) is 6.16. The summed E-state index contributed by atoms with van der Waals surface area (Å²) in [6, 6.07) is 12.9. The third-order valence-electron chi connectivity index (χ3n) is 4.01. The summed E-state index contributed by atoms with van der Waals surface area (Å²) in [6.07, 6.45) is 0.761. The van der Waals surface area contributed by atoms with Crippen molar-refractivity contribution in [3.63, 3.8) is 0 Å². The topological polar surface area (TPSA) is 72.0 Å². The van der Waals surface area contributed by atoms with Gasteiger partial charge in [0.05, 0.1) is 19.8 Å². The summed E-state index contributed by atoms with van der Waals surface area (Å²) in [5.41, 5.74) is 2.60. The van der Waals surface area contributed by atoms with Crippen LogP contribution in [0.2, 0.25) is 5.02 Å². The molecule has 0 radical (unpaired) electrons. The van der Waals surface area contributed by atoms with Crippen molar-refractivity contribution in [2.75, 3.05) is 27.8 Å². The number of rotatable bonds is 7. The van der Waals surface area contributed by atoms with Gasteiger partial charge >= 0.3 is 5.97 Å². The Kier molecular flexibility index (Phi) is 10.7. The normalized spacial score (nSPS) is 10.6. The molecule has 0 unspecified atom stereocenters. The third kappa shape index (κ3) is 7.20. The molecule has 2 N–H and O–H groups in total. The second kappa shape index (κ2) is 12.5. The molecular formula is C20H25ClIN3O3. The first kappa shape index (κ1) is 24.0. The lowest BCUT2D eigenvalue weighted by atomic mass is 10.1. The Bertz CT molecular complexity index is 798. The molecule has 6 nitrogen and oxygen atoms in total. The van der Waals surface area contributed by atoms with Crippen LogP contribution >= 0.6 is 35.6 Å². The zero-order valence-electron chi connectivity index (χ0n) is 16.1. The number of carbonyl (C=O) groups excluding carboxylic acids is 1. The van der Waals surface area contributed by atoms with Crippen LogP contribution in [0.5, 0.6) is 5.75 Å². The predicted molar refractivity (Wildman–Crippen MR) is 123 cm³/mol. The van der Waals surface area contributed by atoms with Gasteiger partial charge in [0.2, 0.25) is 0 Å². The van der Waals surface area contributed by atoms with E-state index >= 15 is 0 Å². The van der Waals surface area contributed by atoms with E-state index in [1.807, 2.05) is 30.3 Å². The molecule has 28 heavy (non-hydrogen) atoms. The molecule has 0 aromatic heterocycles. The van der Waals surface area contributed by atoms with Crippen molar-refractivity contribution in [1.29, 1.82) is 0 Å². The maximum Gasteiger partial charge on any atom is 0.337 e. The average molecular weight is 518 g/mol. The Morgan fingerprint density at radius 2 is 1.82 bits per heavy atom. The average Bonchev–Trinajstić information content (AvgIpc) is 2.71. The molecular weight excluding hydrogens is 493 g/mol.